The fourth-order valence-corrected chi connectivity index (χ4v) is 2.47. The van der Waals surface area contributed by atoms with E-state index in [1.807, 2.05) is 30.3 Å². The number of nitrogens with zero attached hydrogens (tertiary/aromatic N) is 5. The zero-order chi connectivity index (χ0) is 17.9. The lowest BCUT2D eigenvalue weighted by atomic mass is 10.3. The van der Waals surface area contributed by atoms with Gasteiger partial charge in [0.15, 0.2) is 11.6 Å². The quantitative estimate of drug-likeness (QED) is 0.613. The standard InChI is InChI=1S/C18H14N6O2/c1-12-16(11-21-17(22-12)14-4-2-3-7-20-14)26-18(25)23-24-9-6-13-5-8-19-10-15(13)24/h2-11H,1H3,(H,23,25). The molecule has 4 rings (SSSR count). The number of hydrogen-bond acceptors (Lipinski definition) is 6. The predicted octanol–water partition coefficient (Wildman–Crippen LogP) is 2.94. The smallest absolute Gasteiger partial charge is 0.406 e. The lowest BCUT2D eigenvalue weighted by Crippen LogP contribution is -2.25. The van der Waals surface area contributed by atoms with E-state index in [4.69, 9.17) is 4.74 Å². The van der Waals surface area contributed by atoms with E-state index in [2.05, 4.69) is 25.4 Å². The first-order valence-corrected chi connectivity index (χ1v) is 7.86. The van der Waals surface area contributed by atoms with Crippen molar-refractivity contribution in [3.63, 3.8) is 0 Å². The van der Waals surface area contributed by atoms with Crippen molar-refractivity contribution < 1.29 is 9.53 Å². The molecule has 0 aliphatic rings. The molecule has 0 saturated heterocycles. The third-order valence-corrected chi connectivity index (χ3v) is 3.74. The number of ether oxygens (including phenoxy) is 1. The molecular weight excluding hydrogens is 332 g/mol. The molecule has 0 bridgehead atoms. The van der Waals surface area contributed by atoms with Gasteiger partial charge in [0.05, 0.1) is 23.6 Å². The van der Waals surface area contributed by atoms with Crippen molar-refractivity contribution in [2.75, 3.05) is 5.43 Å². The molecule has 26 heavy (non-hydrogen) atoms. The molecule has 0 spiro atoms. The second-order valence-corrected chi connectivity index (χ2v) is 5.48. The molecule has 1 amide bonds. The topological polar surface area (TPSA) is 94.8 Å². The first-order chi connectivity index (χ1) is 12.7. The van der Waals surface area contributed by atoms with Crippen molar-refractivity contribution in [2.24, 2.45) is 0 Å². The predicted molar refractivity (Wildman–Crippen MR) is 95.1 cm³/mol. The van der Waals surface area contributed by atoms with Crippen molar-refractivity contribution in [3.05, 3.63) is 67.0 Å². The van der Waals surface area contributed by atoms with Gasteiger partial charge in [0.2, 0.25) is 0 Å². The molecule has 8 heteroatoms. The molecule has 0 aliphatic carbocycles. The summed E-state index contributed by atoms with van der Waals surface area (Å²) in [5.74, 6) is 0.745. The van der Waals surface area contributed by atoms with Gasteiger partial charge in [-0.15, -0.1) is 0 Å². The number of aromatic nitrogens is 5. The van der Waals surface area contributed by atoms with Gasteiger partial charge in [0.25, 0.3) is 0 Å². The summed E-state index contributed by atoms with van der Waals surface area (Å²) in [6.07, 6.45) is 7.55. The van der Waals surface area contributed by atoms with Crippen molar-refractivity contribution in [1.82, 2.24) is 24.6 Å². The lowest BCUT2D eigenvalue weighted by Gasteiger charge is -2.10. The second-order valence-electron chi connectivity index (χ2n) is 5.48. The van der Waals surface area contributed by atoms with Gasteiger partial charge in [-0.3, -0.25) is 14.6 Å². The van der Waals surface area contributed by atoms with E-state index in [-0.39, 0.29) is 5.75 Å². The first-order valence-electron chi connectivity index (χ1n) is 7.86. The number of nitrogens with one attached hydrogen (secondary N) is 1. The largest absolute Gasteiger partial charge is 0.432 e. The van der Waals surface area contributed by atoms with Crippen molar-refractivity contribution in [3.8, 4) is 17.3 Å². The molecule has 4 heterocycles. The molecule has 0 saturated carbocycles. The van der Waals surface area contributed by atoms with Crippen LogP contribution in [0.4, 0.5) is 4.79 Å². The van der Waals surface area contributed by atoms with E-state index in [0.717, 1.165) is 10.9 Å². The first kappa shape index (κ1) is 15.7. The van der Waals surface area contributed by atoms with Gasteiger partial charge >= 0.3 is 6.09 Å². The Labute approximate surface area is 148 Å². The normalized spacial score (nSPS) is 10.7. The SMILES string of the molecule is Cc1nc(-c2ccccn2)ncc1OC(=O)Nn1ccc2ccncc21. The van der Waals surface area contributed by atoms with Gasteiger partial charge in [0, 0.05) is 24.0 Å². The average Bonchev–Trinajstić information content (AvgIpc) is 3.07. The maximum absolute atomic E-state index is 12.2. The minimum absolute atomic E-state index is 0.275. The third kappa shape index (κ3) is 3.07. The van der Waals surface area contributed by atoms with Crippen molar-refractivity contribution >= 4 is 17.0 Å². The minimum atomic E-state index is -0.649. The Balaban J connectivity index is 1.51. The van der Waals surface area contributed by atoms with Gasteiger partial charge in [-0.25, -0.2) is 20.2 Å². The van der Waals surface area contributed by atoms with Crippen LogP contribution in [0.3, 0.4) is 0 Å². The van der Waals surface area contributed by atoms with Gasteiger partial charge < -0.3 is 4.74 Å². The average molecular weight is 346 g/mol. The van der Waals surface area contributed by atoms with Crippen molar-refractivity contribution in [1.29, 1.82) is 0 Å². The van der Waals surface area contributed by atoms with E-state index in [1.54, 1.807) is 36.4 Å². The Morgan fingerprint density at radius 2 is 2.04 bits per heavy atom. The highest BCUT2D eigenvalue weighted by molar-refractivity contribution is 5.84. The van der Waals surface area contributed by atoms with Crippen LogP contribution in [0.2, 0.25) is 0 Å². The summed E-state index contributed by atoms with van der Waals surface area (Å²) in [5, 5.41) is 0.958. The summed E-state index contributed by atoms with van der Waals surface area (Å²) in [7, 11) is 0. The highest BCUT2D eigenvalue weighted by atomic mass is 16.6. The van der Waals surface area contributed by atoms with Crippen LogP contribution < -0.4 is 10.2 Å². The van der Waals surface area contributed by atoms with Crippen molar-refractivity contribution in [2.45, 2.75) is 6.92 Å². The Kier molecular flexibility index (Phi) is 3.98. The van der Waals surface area contributed by atoms with Crippen LogP contribution in [0.15, 0.2) is 61.3 Å². The molecule has 4 aromatic heterocycles. The Hall–Kier alpha value is -3.81. The molecule has 0 unspecified atom stereocenters. The highest BCUT2D eigenvalue weighted by Gasteiger charge is 2.12. The van der Waals surface area contributed by atoms with E-state index < -0.39 is 6.09 Å². The van der Waals surface area contributed by atoms with Gasteiger partial charge in [-0.05, 0) is 31.2 Å². The number of fused-ring (bicyclic) bond motifs is 1. The Morgan fingerprint density at radius 1 is 1.12 bits per heavy atom. The van der Waals surface area contributed by atoms with Gasteiger partial charge in [0.1, 0.15) is 5.69 Å². The molecule has 128 valence electrons. The number of hydrogen-bond donors (Lipinski definition) is 1. The summed E-state index contributed by atoms with van der Waals surface area (Å²) >= 11 is 0. The summed E-state index contributed by atoms with van der Waals surface area (Å²) in [6.45, 7) is 1.74. The fourth-order valence-electron chi connectivity index (χ4n) is 2.47. The summed E-state index contributed by atoms with van der Waals surface area (Å²) in [6, 6.07) is 9.21. The van der Waals surface area contributed by atoms with E-state index >= 15 is 0 Å². The second kappa shape index (κ2) is 6.60. The maximum atomic E-state index is 12.2. The number of amides is 1. The van der Waals surface area contributed by atoms with E-state index in [1.165, 1.54) is 6.20 Å². The van der Waals surface area contributed by atoms with Crippen LogP contribution >= 0.6 is 0 Å². The molecule has 0 aromatic carbocycles. The molecule has 1 N–H and O–H groups in total. The summed E-state index contributed by atoms with van der Waals surface area (Å²) < 4.78 is 6.87. The van der Waals surface area contributed by atoms with Crippen LogP contribution in [-0.2, 0) is 0 Å². The molecule has 0 fully saturated rings. The van der Waals surface area contributed by atoms with Gasteiger partial charge in [-0.1, -0.05) is 6.07 Å². The van der Waals surface area contributed by atoms with Crippen LogP contribution in [0.5, 0.6) is 5.75 Å². The molecule has 4 aromatic rings. The van der Waals surface area contributed by atoms with Crippen LogP contribution in [0.25, 0.3) is 22.4 Å². The number of pyridine rings is 2. The Morgan fingerprint density at radius 3 is 2.85 bits per heavy atom. The molecule has 0 radical (unpaired) electrons. The number of aryl methyl sites for hydroxylation is 1. The molecule has 0 atom stereocenters. The van der Waals surface area contributed by atoms with Crippen LogP contribution in [0, 0.1) is 6.92 Å². The van der Waals surface area contributed by atoms with E-state index in [9.17, 15) is 4.79 Å². The van der Waals surface area contributed by atoms with Gasteiger partial charge in [-0.2, -0.15) is 0 Å². The minimum Gasteiger partial charge on any atom is -0.406 e. The fraction of sp³-hybridized carbons (Fsp3) is 0.0556. The highest BCUT2D eigenvalue weighted by Crippen LogP contribution is 2.19. The molecular formula is C18H14N6O2. The van der Waals surface area contributed by atoms with E-state index in [0.29, 0.717) is 17.2 Å². The Bertz CT molecular complexity index is 1080. The monoisotopic (exact) mass is 346 g/mol. The number of rotatable bonds is 3. The number of carbonyl (C=O) groups excluding carboxylic acids is 1. The summed E-state index contributed by atoms with van der Waals surface area (Å²) in [4.78, 5) is 29.0. The summed E-state index contributed by atoms with van der Waals surface area (Å²) in [5.41, 5.74) is 4.59. The number of carbonyl (C=O) groups is 1. The lowest BCUT2D eigenvalue weighted by molar-refractivity contribution is 0.211. The third-order valence-electron chi connectivity index (χ3n) is 3.74. The van der Waals surface area contributed by atoms with Crippen LogP contribution in [0.1, 0.15) is 5.69 Å². The zero-order valence-corrected chi connectivity index (χ0v) is 13.8. The van der Waals surface area contributed by atoms with Crippen LogP contribution in [-0.4, -0.2) is 30.7 Å². The zero-order valence-electron chi connectivity index (χ0n) is 13.8. The molecule has 0 aliphatic heterocycles. The molecule has 8 nitrogen and oxygen atoms in total. The maximum Gasteiger partial charge on any atom is 0.432 e.